The van der Waals surface area contributed by atoms with Crippen LogP contribution in [-0.4, -0.2) is 56.8 Å². The fourth-order valence-corrected chi connectivity index (χ4v) is 6.22. The van der Waals surface area contributed by atoms with Crippen LogP contribution in [0.3, 0.4) is 0 Å². The second-order valence-electron chi connectivity index (χ2n) is 8.63. The molecule has 1 saturated carbocycles. The number of ether oxygens (including phenoxy) is 3. The molecule has 28 heavy (non-hydrogen) atoms. The van der Waals surface area contributed by atoms with Gasteiger partial charge in [-0.05, 0) is 31.4 Å². The molecule has 1 amide bonds. The van der Waals surface area contributed by atoms with Crippen molar-refractivity contribution in [3.8, 4) is 5.75 Å². The zero-order valence-corrected chi connectivity index (χ0v) is 16.3. The van der Waals surface area contributed by atoms with Gasteiger partial charge in [0.05, 0.1) is 44.8 Å². The quantitative estimate of drug-likeness (QED) is 0.728. The summed E-state index contributed by atoms with van der Waals surface area (Å²) in [6.45, 7) is 2.74. The summed E-state index contributed by atoms with van der Waals surface area (Å²) in [4.78, 5) is 24.2. The smallest absolute Gasteiger partial charge is 0.264 e. The zero-order valence-electron chi connectivity index (χ0n) is 16.3. The van der Waals surface area contributed by atoms with Crippen LogP contribution >= 0.6 is 0 Å². The molecule has 5 aliphatic heterocycles. The molecule has 7 nitrogen and oxygen atoms in total. The van der Waals surface area contributed by atoms with Crippen molar-refractivity contribution in [2.24, 2.45) is 16.8 Å². The lowest BCUT2D eigenvalue weighted by Crippen LogP contribution is -2.52. The molecule has 0 aromatic heterocycles. The lowest BCUT2D eigenvalue weighted by Gasteiger charge is -2.41. The summed E-state index contributed by atoms with van der Waals surface area (Å²) in [6, 6.07) is 5.82. The number of fused-ring (bicyclic) bond motifs is 2. The molecule has 1 aromatic carbocycles. The predicted molar refractivity (Wildman–Crippen MR) is 101 cm³/mol. The van der Waals surface area contributed by atoms with E-state index in [2.05, 4.69) is 6.92 Å². The molecule has 4 bridgehead atoms. The van der Waals surface area contributed by atoms with Gasteiger partial charge in [-0.1, -0.05) is 6.07 Å². The Balaban J connectivity index is 1.52. The molecule has 148 valence electrons. The average molecular weight is 384 g/mol. The third-order valence-corrected chi connectivity index (χ3v) is 7.71. The van der Waals surface area contributed by atoms with E-state index < -0.39 is 5.41 Å². The van der Waals surface area contributed by atoms with E-state index in [9.17, 15) is 4.79 Å². The maximum Gasteiger partial charge on any atom is 0.264 e. The summed E-state index contributed by atoms with van der Waals surface area (Å²) >= 11 is 0. The monoisotopic (exact) mass is 384 g/mol. The third-order valence-electron chi connectivity index (χ3n) is 7.71. The van der Waals surface area contributed by atoms with Crippen LogP contribution in [0, 0.1) is 11.8 Å². The first-order chi connectivity index (χ1) is 13.5. The van der Waals surface area contributed by atoms with Crippen molar-refractivity contribution in [2.75, 3.05) is 25.9 Å². The molecule has 6 aliphatic rings. The van der Waals surface area contributed by atoms with Crippen LogP contribution in [0.1, 0.15) is 25.3 Å². The molecule has 7 heteroatoms. The number of amides is 1. The van der Waals surface area contributed by atoms with E-state index in [-0.39, 0.29) is 35.7 Å². The highest BCUT2D eigenvalue weighted by Gasteiger charge is 2.70. The summed E-state index contributed by atoms with van der Waals surface area (Å²) in [5.41, 5.74) is 0.643. The second-order valence-corrected chi connectivity index (χ2v) is 8.63. The number of nitrogens with zero attached hydrogens (tertiary/aromatic N) is 2. The van der Waals surface area contributed by atoms with Crippen molar-refractivity contribution < 1.29 is 23.8 Å². The summed E-state index contributed by atoms with van der Waals surface area (Å²) in [6.07, 6.45) is 3.43. The first-order valence-electron chi connectivity index (χ1n) is 9.96. The van der Waals surface area contributed by atoms with Gasteiger partial charge in [-0.3, -0.25) is 14.6 Å². The Bertz CT molecular complexity index is 903. The lowest BCUT2D eigenvalue weighted by molar-refractivity contribution is -0.138. The Morgan fingerprint density at radius 3 is 2.86 bits per heavy atom. The number of rotatable bonds is 2. The van der Waals surface area contributed by atoms with Gasteiger partial charge >= 0.3 is 0 Å². The highest BCUT2D eigenvalue weighted by molar-refractivity contribution is 6.07. The standard InChI is InChI=1S/C21H24N2O5/c1-11-21(28-11)10-22-16-8-20(18-7-15(21)13(16)9-27-18)14-5-4-12(25-2)6-17(14)23(26-3)19(20)24/h4-6,10-11,13,15-16,18H,7-9H2,1-3H3/t11-,13-,15+,16-,18+,20-,21-/m0/s1. The van der Waals surface area contributed by atoms with Crippen LogP contribution in [0.5, 0.6) is 5.75 Å². The van der Waals surface area contributed by atoms with Crippen molar-refractivity contribution in [3.63, 3.8) is 0 Å². The molecule has 7 atom stereocenters. The Kier molecular flexibility index (Phi) is 3.23. The summed E-state index contributed by atoms with van der Waals surface area (Å²) < 4.78 is 17.7. The Morgan fingerprint density at radius 1 is 1.32 bits per heavy atom. The fraction of sp³-hybridized carbons (Fsp3) is 0.619. The van der Waals surface area contributed by atoms with E-state index in [1.165, 1.54) is 12.2 Å². The first kappa shape index (κ1) is 16.9. The van der Waals surface area contributed by atoms with Crippen LogP contribution in [0.2, 0.25) is 0 Å². The number of epoxide rings is 1. The van der Waals surface area contributed by atoms with E-state index in [4.69, 9.17) is 24.0 Å². The van der Waals surface area contributed by atoms with Crippen LogP contribution in [-0.2, 0) is 24.5 Å². The van der Waals surface area contributed by atoms with E-state index in [1.807, 2.05) is 24.4 Å². The first-order valence-corrected chi connectivity index (χ1v) is 9.96. The molecular weight excluding hydrogens is 360 g/mol. The van der Waals surface area contributed by atoms with Gasteiger partial charge in [0.25, 0.3) is 5.91 Å². The molecule has 3 saturated heterocycles. The number of hydrogen-bond donors (Lipinski definition) is 0. The van der Waals surface area contributed by atoms with Gasteiger partial charge in [0.2, 0.25) is 0 Å². The van der Waals surface area contributed by atoms with Gasteiger partial charge in [0.1, 0.15) is 16.8 Å². The zero-order chi connectivity index (χ0) is 19.3. The highest BCUT2D eigenvalue weighted by atomic mass is 16.7. The average Bonchev–Trinajstić information content (AvgIpc) is 3.36. The minimum absolute atomic E-state index is 0.0511. The third kappa shape index (κ3) is 1.81. The molecule has 4 fully saturated rings. The van der Waals surface area contributed by atoms with Gasteiger partial charge in [-0.25, -0.2) is 0 Å². The van der Waals surface area contributed by atoms with Crippen molar-refractivity contribution >= 4 is 17.8 Å². The number of anilines is 1. The number of benzene rings is 1. The molecule has 2 spiro atoms. The lowest BCUT2D eigenvalue weighted by atomic mass is 9.71. The number of hydrogen-bond acceptors (Lipinski definition) is 6. The van der Waals surface area contributed by atoms with E-state index >= 15 is 0 Å². The highest BCUT2D eigenvalue weighted by Crippen LogP contribution is 2.60. The van der Waals surface area contributed by atoms with Crippen molar-refractivity contribution in [1.82, 2.24) is 0 Å². The van der Waals surface area contributed by atoms with Crippen LogP contribution in [0.4, 0.5) is 5.69 Å². The SMILES string of the molecule is COc1ccc2c(c1)N(OC)C(=O)[C@@]21C[C@@H]2N=C[C@@]3(O[C@H]3C)[C@@H]3C[C@H]1OC[C@H]23. The van der Waals surface area contributed by atoms with Gasteiger partial charge < -0.3 is 14.2 Å². The number of aliphatic imine (C=N–C) groups is 1. The molecule has 0 unspecified atom stereocenters. The Morgan fingerprint density at radius 2 is 2.14 bits per heavy atom. The molecule has 1 aromatic rings. The number of carbonyl (C=O) groups is 1. The second kappa shape index (κ2) is 5.34. The van der Waals surface area contributed by atoms with E-state index in [0.717, 1.165) is 17.7 Å². The Labute approximate surface area is 163 Å². The van der Waals surface area contributed by atoms with E-state index in [0.29, 0.717) is 24.7 Å². The van der Waals surface area contributed by atoms with Crippen molar-refractivity contribution in [3.05, 3.63) is 23.8 Å². The maximum atomic E-state index is 13.7. The molecule has 0 radical (unpaired) electrons. The van der Waals surface area contributed by atoms with Crippen molar-refractivity contribution in [1.29, 1.82) is 0 Å². The minimum Gasteiger partial charge on any atom is -0.497 e. The maximum absolute atomic E-state index is 13.7. The van der Waals surface area contributed by atoms with Crippen LogP contribution < -0.4 is 9.80 Å². The molecule has 5 heterocycles. The minimum atomic E-state index is -0.785. The molecular formula is C21H24N2O5. The van der Waals surface area contributed by atoms with E-state index in [1.54, 1.807) is 7.11 Å². The summed E-state index contributed by atoms with van der Waals surface area (Å²) in [7, 11) is 3.15. The molecule has 0 N–H and O–H groups in total. The van der Waals surface area contributed by atoms with Gasteiger partial charge in [-0.15, -0.1) is 0 Å². The van der Waals surface area contributed by atoms with Gasteiger partial charge in [0.15, 0.2) is 0 Å². The van der Waals surface area contributed by atoms with Crippen LogP contribution in [0.25, 0.3) is 0 Å². The van der Waals surface area contributed by atoms with Crippen LogP contribution in [0.15, 0.2) is 23.2 Å². The number of methoxy groups -OCH3 is 1. The fourth-order valence-electron chi connectivity index (χ4n) is 6.22. The molecule has 1 aliphatic carbocycles. The molecule has 7 rings (SSSR count). The topological polar surface area (TPSA) is 72.9 Å². The van der Waals surface area contributed by atoms with Gasteiger partial charge in [-0.2, -0.15) is 5.06 Å². The number of hydroxylamine groups is 1. The summed E-state index contributed by atoms with van der Waals surface area (Å²) in [5, 5.41) is 1.40. The van der Waals surface area contributed by atoms with Gasteiger partial charge in [0, 0.05) is 24.1 Å². The predicted octanol–water partition coefficient (Wildman–Crippen LogP) is 1.88. The largest absolute Gasteiger partial charge is 0.497 e. The summed E-state index contributed by atoms with van der Waals surface area (Å²) in [5.74, 6) is 1.26. The number of carbonyl (C=O) groups excluding carboxylic acids is 1. The Hall–Kier alpha value is -1.96. The normalized spacial score (nSPS) is 44.9. The van der Waals surface area contributed by atoms with Crippen molar-refractivity contribution in [2.45, 2.75) is 49.0 Å².